The molecule has 2 rings (SSSR count). The summed E-state index contributed by atoms with van der Waals surface area (Å²) in [6.45, 7) is 3.94. The first kappa shape index (κ1) is 13.5. The number of hydrogen-bond acceptors (Lipinski definition) is 4. The molecule has 1 N–H and O–H groups in total. The highest BCUT2D eigenvalue weighted by Crippen LogP contribution is 2.25. The summed E-state index contributed by atoms with van der Waals surface area (Å²) < 4.78 is 12.7. The standard InChI is InChI=1S/C13H15FN2S2/c1-2-15-7-12-8-16-13(18-12)9-17-11-5-3-10(14)4-6-11/h3-6,8,15H,2,7,9H2,1H3. The maximum absolute atomic E-state index is 12.7. The number of aromatic nitrogens is 1. The highest BCUT2D eigenvalue weighted by molar-refractivity contribution is 7.98. The Balaban J connectivity index is 1.86. The topological polar surface area (TPSA) is 24.9 Å². The number of hydrogen-bond donors (Lipinski definition) is 1. The Labute approximate surface area is 115 Å². The number of nitrogens with zero attached hydrogens (tertiary/aromatic N) is 1. The largest absolute Gasteiger partial charge is 0.312 e. The van der Waals surface area contributed by atoms with Gasteiger partial charge in [0.1, 0.15) is 10.8 Å². The van der Waals surface area contributed by atoms with Gasteiger partial charge in [-0.1, -0.05) is 6.92 Å². The lowest BCUT2D eigenvalue weighted by molar-refractivity contribution is 0.626. The van der Waals surface area contributed by atoms with Crippen molar-refractivity contribution in [1.29, 1.82) is 0 Å². The molecule has 0 bridgehead atoms. The third kappa shape index (κ3) is 4.08. The van der Waals surface area contributed by atoms with Crippen molar-refractivity contribution >= 4 is 23.1 Å². The summed E-state index contributed by atoms with van der Waals surface area (Å²) in [4.78, 5) is 6.71. The van der Waals surface area contributed by atoms with E-state index in [2.05, 4.69) is 17.2 Å². The van der Waals surface area contributed by atoms with E-state index >= 15 is 0 Å². The Kier molecular flexibility index (Phi) is 5.16. The van der Waals surface area contributed by atoms with E-state index in [0.717, 1.165) is 28.7 Å². The molecule has 0 aliphatic carbocycles. The van der Waals surface area contributed by atoms with Crippen LogP contribution < -0.4 is 5.32 Å². The van der Waals surface area contributed by atoms with Gasteiger partial charge in [-0.3, -0.25) is 0 Å². The summed E-state index contributed by atoms with van der Waals surface area (Å²) in [6, 6.07) is 6.57. The quantitative estimate of drug-likeness (QED) is 0.818. The molecule has 0 atom stereocenters. The van der Waals surface area contributed by atoms with Crippen LogP contribution in [-0.2, 0) is 12.3 Å². The summed E-state index contributed by atoms with van der Waals surface area (Å²) in [7, 11) is 0. The molecule has 18 heavy (non-hydrogen) atoms. The molecule has 0 radical (unpaired) electrons. The van der Waals surface area contributed by atoms with Gasteiger partial charge in [0.25, 0.3) is 0 Å². The van der Waals surface area contributed by atoms with Gasteiger partial charge in [0.05, 0.1) is 5.75 Å². The second kappa shape index (κ2) is 6.87. The molecule has 0 spiro atoms. The van der Waals surface area contributed by atoms with Crippen LogP contribution in [0.2, 0.25) is 0 Å². The zero-order valence-corrected chi connectivity index (χ0v) is 11.8. The zero-order valence-electron chi connectivity index (χ0n) is 10.1. The molecule has 0 saturated carbocycles. The van der Waals surface area contributed by atoms with E-state index in [1.54, 1.807) is 35.2 Å². The molecular formula is C13H15FN2S2. The predicted octanol–water partition coefficient (Wildman–Crippen LogP) is 3.68. The molecule has 5 heteroatoms. The van der Waals surface area contributed by atoms with E-state index in [-0.39, 0.29) is 5.82 Å². The number of benzene rings is 1. The molecule has 2 nitrogen and oxygen atoms in total. The zero-order chi connectivity index (χ0) is 12.8. The van der Waals surface area contributed by atoms with Crippen molar-refractivity contribution in [3.8, 4) is 0 Å². The van der Waals surface area contributed by atoms with Crippen LogP contribution in [0.5, 0.6) is 0 Å². The molecule has 1 aromatic carbocycles. The molecule has 0 saturated heterocycles. The Morgan fingerprint density at radius 2 is 2.11 bits per heavy atom. The van der Waals surface area contributed by atoms with Gasteiger partial charge >= 0.3 is 0 Å². The van der Waals surface area contributed by atoms with Gasteiger partial charge in [-0.05, 0) is 30.8 Å². The van der Waals surface area contributed by atoms with Crippen LogP contribution in [0.15, 0.2) is 35.4 Å². The average Bonchev–Trinajstić information content (AvgIpc) is 2.84. The molecule has 2 aromatic rings. The minimum Gasteiger partial charge on any atom is -0.312 e. The highest BCUT2D eigenvalue weighted by Gasteiger charge is 2.03. The van der Waals surface area contributed by atoms with Crippen molar-refractivity contribution < 1.29 is 4.39 Å². The first-order chi connectivity index (χ1) is 8.78. The van der Waals surface area contributed by atoms with Crippen LogP contribution in [0.25, 0.3) is 0 Å². The number of rotatable bonds is 6. The Morgan fingerprint density at radius 3 is 2.83 bits per heavy atom. The monoisotopic (exact) mass is 282 g/mol. The second-order valence-corrected chi connectivity index (χ2v) is 5.99. The molecule has 0 unspecified atom stereocenters. The van der Waals surface area contributed by atoms with Crippen LogP contribution in [0.4, 0.5) is 4.39 Å². The fourth-order valence-corrected chi connectivity index (χ4v) is 3.21. The van der Waals surface area contributed by atoms with E-state index in [1.807, 2.05) is 6.20 Å². The Bertz CT molecular complexity index is 482. The van der Waals surface area contributed by atoms with Crippen molar-refractivity contribution in [2.45, 2.75) is 24.1 Å². The second-order valence-electron chi connectivity index (χ2n) is 3.74. The molecule has 1 aromatic heterocycles. The van der Waals surface area contributed by atoms with Crippen molar-refractivity contribution in [3.05, 3.63) is 46.2 Å². The summed E-state index contributed by atoms with van der Waals surface area (Å²) in [5.41, 5.74) is 0. The SMILES string of the molecule is CCNCc1cnc(CSc2ccc(F)cc2)s1. The maximum atomic E-state index is 12.7. The van der Waals surface area contributed by atoms with Crippen LogP contribution in [0.1, 0.15) is 16.8 Å². The van der Waals surface area contributed by atoms with E-state index < -0.39 is 0 Å². The minimum absolute atomic E-state index is 0.193. The number of thiazole rings is 1. The number of halogens is 1. The molecule has 0 amide bonds. The van der Waals surface area contributed by atoms with Gasteiger partial charge in [0, 0.05) is 22.5 Å². The van der Waals surface area contributed by atoms with Gasteiger partial charge < -0.3 is 5.32 Å². The highest BCUT2D eigenvalue weighted by atomic mass is 32.2. The van der Waals surface area contributed by atoms with E-state index in [9.17, 15) is 4.39 Å². The van der Waals surface area contributed by atoms with Crippen molar-refractivity contribution in [1.82, 2.24) is 10.3 Å². The average molecular weight is 282 g/mol. The minimum atomic E-state index is -0.193. The fraction of sp³-hybridized carbons (Fsp3) is 0.308. The molecule has 0 aliphatic rings. The van der Waals surface area contributed by atoms with E-state index in [0.29, 0.717) is 0 Å². The van der Waals surface area contributed by atoms with Gasteiger partial charge in [0.2, 0.25) is 0 Å². The fourth-order valence-electron chi connectivity index (χ4n) is 1.42. The first-order valence-corrected chi connectivity index (χ1v) is 7.61. The smallest absolute Gasteiger partial charge is 0.123 e. The van der Waals surface area contributed by atoms with Gasteiger partial charge in [-0.2, -0.15) is 0 Å². The summed E-state index contributed by atoms with van der Waals surface area (Å²) in [5, 5.41) is 4.39. The lowest BCUT2D eigenvalue weighted by atomic mass is 10.4. The number of thioether (sulfide) groups is 1. The van der Waals surface area contributed by atoms with E-state index in [1.165, 1.54) is 17.0 Å². The third-order valence-electron chi connectivity index (χ3n) is 2.33. The summed E-state index contributed by atoms with van der Waals surface area (Å²) in [6.07, 6.45) is 1.92. The molecule has 96 valence electrons. The van der Waals surface area contributed by atoms with Crippen molar-refractivity contribution in [3.63, 3.8) is 0 Å². The lowest BCUT2D eigenvalue weighted by Crippen LogP contribution is -2.10. The van der Waals surface area contributed by atoms with Gasteiger partial charge in [-0.15, -0.1) is 23.1 Å². The van der Waals surface area contributed by atoms with Crippen LogP contribution in [0.3, 0.4) is 0 Å². The summed E-state index contributed by atoms with van der Waals surface area (Å²) >= 11 is 3.41. The third-order valence-corrected chi connectivity index (χ3v) is 4.53. The normalized spacial score (nSPS) is 10.8. The van der Waals surface area contributed by atoms with Gasteiger partial charge in [0.15, 0.2) is 0 Å². The molecular weight excluding hydrogens is 267 g/mol. The predicted molar refractivity (Wildman–Crippen MR) is 75.5 cm³/mol. The van der Waals surface area contributed by atoms with Crippen molar-refractivity contribution in [2.24, 2.45) is 0 Å². The lowest BCUT2D eigenvalue weighted by Gasteiger charge is -1.98. The molecule has 0 fully saturated rings. The summed E-state index contributed by atoms with van der Waals surface area (Å²) in [5.74, 6) is 0.643. The maximum Gasteiger partial charge on any atom is 0.123 e. The van der Waals surface area contributed by atoms with Crippen LogP contribution >= 0.6 is 23.1 Å². The molecule has 1 heterocycles. The Hall–Kier alpha value is -0.910. The Morgan fingerprint density at radius 1 is 1.33 bits per heavy atom. The van der Waals surface area contributed by atoms with Gasteiger partial charge in [-0.25, -0.2) is 9.37 Å². The van der Waals surface area contributed by atoms with E-state index in [4.69, 9.17) is 0 Å². The first-order valence-electron chi connectivity index (χ1n) is 5.80. The molecule has 0 aliphatic heterocycles. The number of nitrogens with one attached hydrogen (secondary N) is 1. The van der Waals surface area contributed by atoms with Crippen LogP contribution in [-0.4, -0.2) is 11.5 Å². The van der Waals surface area contributed by atoms with Crippen LogP contribution in [0, 0.1) is 5.82 Å². The van der Waals surface area contributed by atoms with Crippen molar-refractivity contribution in [2.75, 3.05) is 6.54 Å².